The lowest BCUT2D eigenvalue weighted by molar-refractivity contribution is -0.140. The van der Waals surface area contributed by atoms with E-state index in [9.17, 15) is 18.0 Å². The van der Waals surface area contributed by atoms with E-state index in [-0.39, 0.29) is 12.5 Å². The molecular formula is C25H33Cl2N3O4S. The lowest BCUT2D eigenvalue weighted by atomic mass is 10.1. The first-order chi connectivity index (χ1) is 16.0. The molecule has 0 bridgehead atoms. The van der Waals surface area contributed by atoms with Gasteiger partial charge in [-0.15, -0.1) is 0 Å². The van der Waals surface area contributed by atoms with Crippen LogP contribution in [-0.2, 0) is 26.2 Å². The minimum absolute atomic E-state index is 0.00202. The maximum Gasteiger partial charge on any atom is 0.244 e. The monoisotopic (exact) mass is 541 g/mol. The van der Waals surface area contributed by atoms with Crippen molar-refractivity contribution in [1.82, 2.24) is 10.2 Å². The second kappa shape index (κ2) is 11.2. The Morgan fingerprint density at radius 1 is 1.09 bits per heavy atom. The number of benzene rings is 2. The second-order valence-electron chi connectivity index (χ2n) is 9.66. The van der Waals surface area contributed by atoms with E-state index in [0.717, 1.165) is 21.7 Å². The number of carbonyl (C=O) groups excluding carboxylic acids is 2. The van der Waals surface area contributed by atoms with E-state index in [2.05, 4.69) is 5.32 Å². The third-order valence-electron chi connectivity index (χ3n) is 5.55. The highest BCUT2D eigenvalue weighted by atomic mass is 35.5. The van der Waals surface area contributed by atoms with E-state index in [4.69, 9.17) is 23.2 Å². The van der Waals surface area contributed by atoms with E-state index < -0.39 is 34.1 Å². The first-order valence-corrected chi connectivity index (χ1v) is 13.7. The number of amides is 2. The molecule has 0 spiro atoms. The molecule has 2 aromatic rings. The Kier molecular flexibility index (Phi) is 9.25. The molecule has 0 aromatic heterocycles. The summed E-state index contributed by atoms with van der Waals surface area (Å²) in [6.45, 7) is 10.3. The highest BCUT2D eigenvalue weighted by Crippen LogP contribution is 2.27. The molecule has 192 valence electrons. The third kappa shape index (κ3) is 7.85. The van der Waals surface area contributed by atoms with Crippen molar-refractivity contribution in [3.05, 3.63) is 63.1 Å². The maximum atomic E-state index is 13.6. The van der Waals surface area contributed by atoms with Crippen molar-refractivity contribution < 1.29 is 18.0 Å². The van der Waals surface area contributed by atoms with Crippen LogP contribution in [0.4, 0.5) is 5.69 Å². The number of hydrogen-bond donors (Lipinski definition) is 1. The van der Waals surface area contributed by atoms with Crippen molar-refractivity contribution in [3.63, 3.8) is 0 Å². The quantitative estimate of drug-likeness (QED) is 0.524. The van der Waals surface area contributed by atoms with Gasteiger partial charge >= 0.3 is 0 Å². The smallest absolute Gasteiger partial charge is 0.244 e. The topological polar surface area (TPSA) is 86.8 Å². The number of nitrogens with one attached hydrogen (secondary N) is 1. The van der Waals surface area contributed by atoms with Gasteiger partial charge in [-0.1, -0.05) is 41.4 Å². The summed E-state index contributed by atoms with van der Waals surface area (Å²) in [6, 6.07) is 9.25. The molecule has 0 unspecified atom stereocenters. The Labute approximate surface area is 218 Å². The summed E-state index contributed by atoms with van der Waals surface area (Å²) in [5.41, 5.74) is 2.12. The first-order valence-electron chi connectivity index (χ1n) is 11.1. The van der Waals surface area contributed by atoms with Crippen LogP contribution in [0.15, 0.2) is 36.4 Å². The van der Waals surface area contributed by atoms with Crippen LogP contribution < -0.4 is 9.62 Å². The van der Waals surface area contributed by atoms with Crippen LogP contribution in [0.25, 0.3) is 0 Å². The first kappa shape index (κ1) is 28.9. The molecule has 2 aromatic carbocycles. The van der Waals surface area contributed by atoms with Crippen LogP contribution in [0.3, 0.4) is 0 Å². The molecule has 10 heteroatoms. The average molecular weight is 543 g/mol. The Bertz CT molecular complexity index is 1210. The van der Waals surface area contributed by atoms with Crippen molar-refractivity contribution >= 4 is 50.7 Å². The fourth-order valence-electron chi connectivity index (χ4n) is 3.49. The normalized spacial score (nSPS) is 12.7. The Hall–Kier alpha value is -2.29. The van der Waals surface area contributed by atoms with Gasteiger partial charge in [0.2, 0.25) is 21.8 Å². The van der Waals surface area contributed by atoms with E-state index in [0.29, 0.717) is 21.3 Å². The Morgan fingerprint density at radius 2 is 1.71 bits per heavy atom. The number of nitrogens with zero attached hydrogens (tertiary/aromatic N) is 2. The fraction of sp³-hybridized carbons (Fsp3) is 0.440. The van der Waals surface area contributed by atoms with Gasteiger partial charge in [0.25, 0.3) is 0 Å². The standard InChI is InChI=1S/C25H33Cl2N3O4S/c1-16-9-8-10-22(17(16)2)30(35(7,33)34)15-23(31)29(18(3)24(32)28-25(4,5)6)14-19-11-12-20(26)13-21(19)27/h8-13,18H,14-15H2,1-7H3,(H,28,32)/t18-/m0/s1. The van der Waals surface area contributed by atoms with Gasteiger partial charge in [0.05, 0.1) is 11.9 Å². The largest absolute Gasteiger partial charge is 0.350 e. The third-order valence-corrected chi connectivity index (χ3v) is 7.26. The lowest BCUT2D eigenvalue weighted by Crippen LogP contribution is -2.54. The van der Waals surface area contributed by atoms with Crippen LogP contribution in [-0.4, -0.2) is 49.5 Å². The SMILES string of the molecule is Cc1cccc(N(CC(=O)N(Cc2ccc(Cl)cc2Cl)[C@@H](C)C(=O)NC(C)(C)C)S(C)(=O)=O)c1C. The van der Waals surface area contributed by atoms with E-state index >= 15 is 0 Å². The van der Waals surface area contributed by atoms with E-state index in [1.807, 2.05) is 33.8 Å². The van der Waals surface area contributed by atoms with Gasteiger partial charge < -0.3 is 10.2 Å². The molecule has 2 amide bonds. The molecule has 0 fully saturated rings. The van der Waals surface area contributed by atoms with Gasteiger partial charge in [-0.3, -0.25) is 13.9 Å². The predicted octanol–water partition coefficient (Wildman–Crippen LogP) is 4.71. The number of carbonyl (C=O) groups is 2. The zero-order valence-electron chi connectivity index (χ0n) is 21.1. The zero-order valence-corrected chi connectivity index (χ0v) is 23.5. The molecule has 0 aliphatic heterocycles. The van der Waals surface area contributed by atoms with Gasteiger partial charge in [-0.2, -0.15) is 0 Å². The molecule has 7 nitrogen and oxygen atoms in total. The maximum absolute atomic E-state index is 13.6. The van der Waals surface area contributed by atoms with Crippen LogP contribution in [0.1, 0.15) is 44.4 Å². The van der Waals surface area contributed by atoms with E-state index in [1.54, 1.807) is 44.2 Å². The molecule has 0 saturated carbocycles. The average Bonchev–Trinajstić information content (AvgIpc) is 2.71. The number of anilines is 1. The predicted molar refractivity (Wildman–Crippen MR) is 142 cm³/mol. The second-order valence-corrected chi connectivity index (χ2v) is 12.4. The van der Waals surface area contributed by atoms with Crippen molar-refractivity contribution in [3.8, 4) is 0 Å². The molecular weight excluding hydrogens is 509 g/mol. The van der Waals surface area contributed by atoms with Crippen LogP contribution in [0, 0.1) is 13.8 Å². The zero-order chi connectivity index (χ0) is 26.7. The molecule has 1 atom stereocenters. The van der Waals surface area contributed by atoms with Crippen LogP contribution in [0.2, 0.25) is 10.0 Å². The molecule has 0 heterocycles. The van der Waals surface area contributed by atoms with Crippen molar-refractivity contribution in [2.24, 2.45) is 0 Å². The highest BCUT2D eigenvalue weighted by Gasteiger charge is 2.32. The number of rotatable bonds is 8. The van der Waals surface area contributed by atoms with Gasteiger partial charge in [0, 0.05) is 22.1 Å². The molecule has 1 N–H and O–H groups in total. The summed E-state index contributed by atoms with van der Waals surface area (Å²) in [5.74, 6) is -0.910. The minimum atomic E-state index is -3.81. The van der Waals surface area contributed by atoms with Gasteiger partial charge in [-0.05, 0) is 76.4 Å². The summed E-state index contributed by atoms with van der Waals surface area (Å²) >= 11 is 12.4. The van der Waals surface area contributed by atoms with E-state index in [1.165, 1.54) is 4.90 Å². The number of aryl methyl sites for hydroxylation is 1. The molecule has 0 saturated heterocycles. The van der Waals surface area contributed by atoms with Crippen molar-refractivity contribution in [1.29, 1.82) is 0 Å². The summed E-state index contributed by atoms with van der Waals surface area (Å²) in [6.07, 6.45) is 1.05. The lowest BCUT2D eigenvalue weighted by Gasteiger charge is -2.33. The fourth-order valence-corrected chi connectivity index (χ4v) is 4.86. The summed E-state index contributed by atoms with van der Waals surface area (Å²) < 4.78 is 26.5. The molecule has 35 heavy (non-hydrogen) atoms. The minimum Gasteiger partial charge on any atom is -0.350 e. The number of hydrogen-bond acceptors (Lipinski definition) is 4. The molecule has 2 rings (SSSR count). The van der Waals surface area contributed by atoms with Crippen LogP contribution >= 0.6 is 23.2 Å². The van der Waals surface area contributed by atoms with Crippen molar-refractivity contribution in [2.45, 2.75) is 59.7 Å². The van der Waals surface area contributed by atoms with Gasteiger partial charge in [0.15, 0.2) is 0 Å². The Balaban J connectivity index is 2.49. The molecule has 0 radical (unpaired) electrons. The number of halogens is 2. The highest BCUT2D eigenvalue weighted by molar-refractivity contribution is 7.92. The molecule has 0 aliphatic carbocycles. The molecule has 0 aliphatic rings. The van der Waals surface area contributed by atoms with Gasteiger partial charge in [0.1, 0.15) is 12.6 Å². The summed E-state index contributed by atoms with van der Waals surface area (Å²) in [7, 11) is -3.81. The van der Waals surface area contributed by atoms with Crippen LogP contribution in [0.5, 0.6) is 0 Å². The van der Waals surface area contributed by atoms with Gasteiger partial charge in [-0.25, -0.2) is 8.42 Å². The van der Waals surface area contributed by atoms with Crippen molar-refractivity contribution in [2.75, 3.05) is 17.1 Å². The summed E-state index contributed by atoms with van der Waals surface area (Å²) in [4.78, 5) is 28.0. The summed E-state index contributed by atoms with van der Waals surface area (Å²) in [5, 5.41) is 3.66. The Morgan fingerprint density at radius 3 is 2.26 bits per heavy atom. The number of sulfonamides is 1.